The molecule has 1 aromatic carbocycles. The Bertz CT molecular complexity index is 694. The molecule has 1 aliphatic heterocycles. The topological polar surface area (TPSA) is 52.6 Å². The highest BCUT2D eigenvalue weighted by Crippen LogP contribution is 2.40. The van der Waals surface area contributed by atoms with Crippen LogP contribution in [0.5, 0.6) is 5.75 Å². The van der Waals surface area contributed by atoms with Crippen LogP contribution in [-0.4, -0.2) is 27.9 Å². The van der Waals surface area contributed by atoms with E-state index in [1.54, 1.807) is 0 Å². The molecule has 0 amide bonds. The van der Waals surface area contributed by atoms with Gasteiger partial charge in [0.25, 0.3) is 0 Å². The Morgan fingerprint density at radius 2 is 1.95 bits per heavy atom. The predicted octanol–water partition coefficient (Wildman–Crippen LogP) is 3.79. The zero-order valence-electron chi connectivity index (χ0n) is 11.8. The van der Waals surface area contributed by atoms with Crippen LogP contribution in [0.25, 0.3) is 0 Å². The number of thiocarbonyl (C=S) groups is 1. The number of ketones is 1. The minimum atomic E-state index is -0.278. The number of allylic oxidation sites excluding steroid dienone is 1. The van der Waals surface area contributed by atoms with E-state index in [4.69, 9.17) is 12.2 Å². The van der Waals surface area contributed by atoms with Crippen LogP contribution in [0.15, 0.2) is 32.3 Å². The number of carbonyl (C=O) groups excluding carboxylic acids is 1. The van der Waals surface area contributed by atoms with Gasteiger partial charge in [-0.25, -0.2) is 0 Å². The lowest BCUT2D eigenvalue weighted by molar-refractivity contribution is -0.116. The smallest absolute Gasteiger partial charge is 0.173 e. The Balaban J connectivity index is 2.15. The number of benzene rings is 1. The molecule has 0 spiro atoms. The summed E-state index contributed by atoms with van der Waals surface area (Å²) in [6, 6.07) is 3.36. The molecule has 1 unspecified atom stereocenters. The van der Waals surface area contributed by atoms with Gasteiger partial charge >= 0.3 is 0 Å². The Labute approximate surface area is 150 Å². The van der Waals surface area contributed by atoms with E-state index in [2.05, 4.69) is 37.2 Å². The monoisotopic (exact) mass is 444 g/mol. The number of halogens is 2. The van der Waals surface area contributed by atoms with Crippen molar-refractivity contribution in [3.05, 3.63) is 37.9 Å². The molecule has 1 atom stereocenters. The van der Waals surface area contributed by atoms with Gasteiger partial charge in [0.2, 0.25) is 0 Å². The third kappa shape index (κ3) is 2.59. The summed E-state index contributed by atoms with van der Waals surface area (Å²) >= 11 is 12.1. The van der Waals surface area contributed by atoms with Gasteiger partial charge in [-0.05, 0) is 74.6 Å². The Morgan fingerprint density at radius 3 is 2.59 bits per heavy atom. The number of hydrogen-bond donors (Lipinski definition) is 2. The molecule has 0 saturated heterocycles. The van der Waals surface area contributed by atoms with E-state index in [0.717, 1.165) is 29.7 Å². The van der Waals surface area contributed by atoms with Crippen molar-refractivity contribution in [2.45, 2.75) is 25.3 Å². The molecule has 22 heavy (non-hydrogen) atoms. The van der Waals surface area contributed by atoms with Crippen LogP contribution in [0.4, 0.5) is 0 Å². The quantitative estimate of drug-likeness (QED) is 0.644. The molecule has 116 valence electrons. The van der Waals surface area contributed by atoms with Gasteiger partial charge in [-0.15, -0.1) is 0 Å². The van der Waals surface area contributed by atoms with Crippen LogP contribution in [0.1, 0.15) is 30.9 Å². The van der Waals surface area contributed by atoms with E-state index in [0.29, 0.717) is 20.5 Å². The van der Waals surface area contributed by atoms with Gasteiger partial charge in [-0.1, -0.05) is 0 Å². The molecule has 1 heterocycles. The van der Waals surface area contributed by atoms with Gasteiger partial charge in [0.1, 0.15) is 5.75 Å². The molecule has 0 bridgehead atoms. The molecular weight excluding hydrogens is 432 g/mol. The number of rotatable bonds is 1. The van der Waals surface area contributed by atoms with Crippen molar-refractivity contribution in [3.63, 3.8) is 0 Å². The summed E-state index contributed by atoms with van der Waals surface area (Å²) in [6.07, 6.45) is 2.29. The van der Waals surface area contributed by atoms with Crippen LogP contribution >= 0.6 is 44.1 Å². The van der Waals surface area contributed by atoms with Crippen LogP contribution in [0.3, 0.4) is 0 Å². The summed E-state index contributed by atoms with van der Waals surface area (Å²) < 4.78 is 1.16. The number of nitrogens with zero attached hydrogens (tertiary/aromatic N) is 1. The first-order valence-corrected chi connectivity index (χ1v) is 8.88. The molecule has 7 heteroatoms. The first-order chi connectivity index (χ1) is 10.4. The number of hydrogen-bond acceptors (Lipinski definition) is 3. The van der Waals surface area contributed by atoms with E-state index < -0.39 is 0 Å². The predicted molar refractivity (Wildman–Crippen MR) is 95.6 cm³/mol. The normalized spacial score (nSPS) is 21.8. The maximum Gasteiger partial charge on any atom is 0.173 e. The van der Waals surface area contributed by atoms with Crippen molar-refractivity contribution in [3.8, 4) is 5.75 Å². The number of aromatic hydroxyl groups is 1. The standard InChI is InChI=1S/C15H14Br2N2O2S/c1-19-10-3-2-4-11(20)12(10)13(18-15(19)22)7-5-8(16)14(21)9(17)6-7/h5-6,13,21H,2-4H2,1H3,(H,18,22). The van der Waals surface area contributed by atoms with Gasteiger partial charge in [-0.2, -0.15) is 0 Å². The van der Waals surface area contributed by atoms with Crippen LogP contribution in [0, 0.1) is 0 Å². The highest BCUT2D eigenvalue weighted by atomic mass is 79.9. The summed E-state index contributed by atoms with van der Waals surface area (Å²) in [5, 5.41) is 13.7. The second kappa shape index (κ2) is 5.94. The van der Waals surface area contributed by atoms with E-state index in [1.807, 2.05) is 24.1 Å². The lowest BCUT2D eigenvalue weighted by Gasteiger charge is -2.39. The Hall–Kier alpha value is -0.920. The number of carbonyl (C=O) groups is 1. The van der Waals surface area contributed by atoms with Crippen LogP contribution in [-0.2, 0) is 4.79 Å². The van der Waals surface area contributed by atoms with E-state index in [1.165, 1.54) is 0 Å². The molecule has 1 aliphatic carbocycles. The minimum absolute atomic E-state index is 0.142. The Morgan fingerprint density at radius 1 is 1.32 bits per heavy atom. The second-order valence-corrected chi connectivity index (χ2v) is 7.51. The van der Waals surface area contributed by atoms with Crippen molar-refractivity contribution in [1.29, 1.82) is 0 Å². The van der Waals surface area contributed by atoms with Crippen molar-refractivity contribution in [1.82, 2.24) is 10.2 Å². The lowest BCUT2D eigenvalue weighted by atomic mass is 9.85. The third-order valence-electron chi connectivity index (χ3n) is 4.07. The molecule has 2 aliphatic rings. The maximum absolute atomic E-state index is 12.5. The molecule has 0 aromatic heterocycles. The van der Waals surface area contributed by atoms with Gasteiger partial charge in [0.05, 0.1) is 15.0 Å². The van der Waals surface area contributed by atoms with Crippen LogP contribution in [0.2, 0.25) is 0 Å². The third-order valence-corrected chi connectivity index (χ3v) is 5.67. The van der Waals surface area contributed by atoms with E-state index in [-0.39, 0.29) is 17.6 Å². The highest BCUT2D eigenvalue weighted by Gasteiger charge is 2.36. The molecule has 0 saturated carbocycles. The second-order valence-electron chi connectivity index (χ2n) is 5.41. The summed E-state index contributed by atoms with van der Waals surface area (Å²) in [4.78, 5) is 14.4. The molecule has 0 radical (unpaired) electrons. The minimum Gasteiger partial charge on any atom is -0.506 e. The molecule has 2 N–H and O–H groups in total. The molecule has 4 nitrogen and oxygen atoms in total. The fraction of sp³-hybridized carbons (Fsp3) is 0.333. The largest absolute Gasteiger partial charge is 0.506 e. The maximum atomic E-state index is 12.5. The number of phenols is 1. The molecule has 3 rings (SSSR count). The van der Waals surface area contributed by atoms with Gasteiger partial charge < -0.3 is 15.3 Å². The van der Waals surface area contributed by atoms with Crippen molar-refractivity contribution < 1.29 is 9.90 Å². The molecular formula is C15H14Br2N2O2S. The van der Waals surface area contributed by atoms with E-state index >= 15 is 0 Å². The first-order valence-electron chi connectivity index (χ1n) is 6.88. The van der Waals surface area contributed by atoms with Crippen LogP contribution < -0.4 is 5.32 Å². The van der Waals surface area contributed by atoms with Gasteiger partial charge in [0, 0.05) is 24.7 Å². The first kappa shape index (κ1) is 16.0. The summed E-state index contributed by atoms with van der Waals surface area (Å²) in [7, 11) is 1.89. The van der Waals surface area contributed by atoms with Gasteiger partial charge in [-0.3, -0.25) is 4.79 Å². The van der Waals surface area contributed by atoms with Gasteiger partial charge in [0.15, 0.2) is 10.9 Å². The average molecular weight is 446 g/mol. The lowest BCUT2D eigenvalue weighted by Crippen LogP contribution is -2.47. The average Bonchev–Trinajstić information content (AvgIpc) is 2.48. The van der Waals surface area contributed by atoms with Crippen molar-refractivity contribution in [2.24, 2.45) is 0 Å². The molecule has 1 aromatic rings. The van der Waals surface area contributed by atoms with E-state index in [9.17, 15) is 9.90 Å². The number of Topliss-reactive ketones (excluding diaryl/α,β-unsaturated/α-hetero) is 1. The molecule has 0 fully saturated rings. The fourth-order valence-electron chi connectivity index (χ4n) is 2.94. The highest BCUT2D eigenvalue weighted by molar-refractivity contribution is 9.11. The van der Waals surface area contributed by atoms with Crippen molar-refractivity contribution in [2.75, 3.05) is 7.05 Å². The summed E-state index contributed by atoms with van der Waals surface area (Å²) in [6.45, 7) is 0. The fourth-order valence-corrected chi connectivity index (χ4v) is 4.39. The SMILES string of the molecule is CN1C(=S)NC(c2cc(Br)c(O)c(Br)c2)C2=C1CCCC2=O. The number of phenolic OH excluding ortho intramolecular Hbond substituents is 1. The number of nitrogens with one attached hydrogen (secondary N) is 1. The van der Waals surface area contributed by atoms with Crippen molar-refractivity contribution >= 4 is 55.0 Å². The summed E-state index contributed by atoms with van der Waals surface area (Å²) in [5.74, 6) is 0.303. The zero-order chi connectivity index (χ0) is 16.0. The summed E-state index contributed by atoms with van der Waals surface area (Å²) in [5.41, 5.74) is 2.67. The Kier molecular flexibility index (Phi) is 4.31. The zero-order valence-corrected chi connectivity index (χ0v) is 15.8.